The molecule has 96 valence electrons. The summed E-state index contributed by atoms with van der Waals surface area (Å²) in [7, 11) is 1.65. The van der Waals surface area contributed by atoms with Gasteiger partial charge in [0.25, 0.3) is 0 Å². The van der Waals surface area contributed by atoms with Gasteiger partial charge >= 0.3 is 5.97 Å². The number of carbonyl (C=O) groups excluding carboxylic acids is 1. The second kappa shape index (κ2) is 5.25. The fourth-order valence-electron chi connectivity index (χ4n) is 2.46. The van der Waals surface area contributed by atoms with Crippen molar-refractivity contribution in [1.29, 1.82) is 0 Å². The first-order chi connectivity index (χ1) is 8.67. The Morgan fingerprint density at radius 3 is 2.94 bits per heavy atom. The molecule has 0 heterocycles. The lowest BCUT2D eigenvalue weighted by Gasteiger charge is -2.10. The number of carbonyl (C=O) groups is 1. The second-order valence-electron chi connectivity index (χ2n) is 4.45. The molecule has 3 nitrogen and oxygen atoms in total. The van der Waals surface area contributed by atoms with Gasteiger partial charge in [0.1, 0.15) is 5.75 Å². The van der Waals surface area contributed by atoms with Gasteiger partial charge in [0.2, 0.25) is 0 Å². The minimum absolute atomic E-state index is 0.280. The van der Waals surface area contributed by atoms with E-state index in [1.54, 1.807) is 13.2 Å². The summed E-state index contributed by atoms with van der Waals surface area (Å²) in [5, 5.41) is 0. The van der Waals surface area contributed by atoms with Crippen molar-refractivity contribution in [1.82, 2.24) is 0 Å². The van der Waals surface area contributed by atoms with Gasteiger partial charge in [0, 0.05) is 11.6 Å². The Labute approximate surface area is 107 Å². The lowest BCUT2D eigenvalue weighted by molar-refractivity contribution is -0.137. The molecule has 0 aliphatic heterocycles. The van der Waals surface area contributed by atoms with Crippen molar-refractivity contribution in [3.05, 3.63) is 35.4 Å². The Bertz CT molecular complexity index is 489. The monoisotopic (exact) mass is 246 g/mol. The smallest absolute Gasteiger partial charge is 0.331 e. The Hall–Kier alpha value is -1.77. The van der Waals surface area contributed by atoms with Crippen LogP contribution in [-0.2, 0) is 16.0 Å². The molecule has 0 N–H and O–H groups in total. The van der Waals surface area contributed by atoms with Crippen molar-refractivity contribution in [2.75, 3.05) is 13.7 Å². The lowest BCUT2D eigenvalue weighted by atomic mass is 10.0. The average Bonchev–Trinajstić information content (AvgIpc) is 2.66. The molecule has 0 radical (unpaired) electrons. The van der Waals surface area contributed by atoms with Crippen molar-refractivity contribution in [3.63, 3.8) is 0 Å². The lowest BCUT2D eigenvalue weighted by Crippen LogP contribution is -2.03. The number of hydrogen-bond acceptors (Lipinski definition) is 3. The van der Waals surface area contributed by atoms with Crippen LogP contribution >= 0.6 is 0 Å². The van der Waals surface area contributed by atoms with Gasteiger partial charge in [-0.05, 0) is 36.5 Å². The number of rotatable bonds is 3. The molecule has 0 saturated carbocycles. The second-order valence-corrected chi connectivity index (χ2v) is 4.45. The molecule has 1 aromatic carbocycles. The molecule has 0 fully saturated rings. The summed E-state index contributed by atoms with van der Waals surface area (Å²) in [6.45, 7) is 4.32. The van der Waals surface area contributed by atoms with Crippen molar-refractivity contribution >= 4 is 11.5 Å². The standard InChI is InChI=1S/C15H18O3/c1-4-18-14(16)9-12-10(2)8-11-6-5-7-13(17-3)15(11)12/h5-7,9-10H,4,8H2,1-3H3/b12-9+. The molecule has 0 bridgehead atoms. The van der Waals surface area contributed by atoms with Crippen LogP contribution in [0.25, 0.3) is 5.57 Å². The number of methoxy groups -OCH3 is 1. The van der Waals surface area contributed by atoms with E-state index in [0.717, 1.165) is 23.3 Å². The van der Waals surface area contributed by atoms with Crippen molar-refractivity contribution in [2.45, 2.75) is 20.3 Å². The fourth-order valence-corrected chi connectivity index (χ4v) is 2.46. The summed E-state index contributed by atoms with van der Waals surface area (Å²) in [5.74, 6) is 0.867. The molecular formula is C15H18O3. The number of fused-ring (bicyclic) bond motifs is 1. The predicted molar refractivity (Wildman–Crippen MR) is 70.5 cm³/mol. The molecule has 1 unspecified atom stereocenters. The van der Waals surface area contributed by atoms with Gasteiger partial charge in [-0.2, -0.15) is 0 Å². The van der Waals surface area contributed by atoms with Crippen LogP contribution in [0.3, 0.4) is 0 Å². The van der Waals surface area contributed by atoms with E-state index >= 15 is 0 Å². The summed E-state index contributed by atoms with van der Waals surface area (Å²) in [4.78, 5) is 11.6. The predicted octanol–water partition coefficient (Wildman–Crippen LogP) is 2.83. The third-order valence-corrected chi connectivity index (χ3v) is 3.24. The highest BCUT2D eigenvalue weighted by atomic mass is 16.5. The van der Waals surface area contributed by atoms with Gasteiger partial charge in [0.15, 0.2) is 0 Å². The zero-order valence-corrected chi connectivity index (χ0v) is 11.0. The van der Waals surface area contributed by atoms with Crippen LogP contribution in [0, 0.1) is 5.92 Å². The van der Waals surface area contributed by atoms with E-state index in [4.69, 9.17) is 9.47 Å². The highest BCUT2D eigenvalue weighted by molar-refractivity contribution is 5.94. The normalized spacial score (nSPS) is 19.7. The highest BCUT2D eigenvalue weighted by Crippen LogP contribution is 2.42. The highest BCUT2D eigenvalue weighted by Gasteiger charge is 2.27. The Kier molecular flexibility index (Phi) is 3.70. The first-order valence-electron chi connectivity index (χ1n) is 6.22. The van der Waals surface area contributed by atoms with Crippen LogP contribution in [0.4, 0.5) is 0 Å². The van der Waals surface area contributed by atoms with Crippen molar-refractivity contribution in [2.24, 2.45) is 5.92 Å². The van der Waals surface area contributed by atoms with Gasteiger partial charge in [-0.1, -0.05) is 19.1 Å². The van der Waals surface area contributed by atoms with E-state index in [1.165, 1.54) is 5.56 Å². The quantitative estimate of drug-likeness (QED) is 0.607. The van der Waals surface area contributed by atoms with Crippen LogP contribution in [0.2, 0.25) is 0 Å². The molecule has 0 amide bonds. The summed E-state index contributed by atoms with van der Waals surface area (Å²) in [6.07, 6.45) is 2.54. The number of benzene rings is 1. The van der Waals surface area contributed by atoms with E-state index in [-0.39, 0.29) is 5.97 Å². The molecule has 0 saturated heterocycles. The van der Waals surface area contributed by atoms with Crippen molar-refractivity contribution in [3.8, 4) is 5.75 Å². The molecule has 1 aliphatic carbocycles. The third kappa shape index (κ3) is 2.26. The molecule has 0 aromatic heterocycles. The Morgan fingerprint density at radius 2 is 2.28 bits per heavy atom. The minimum atomic E-state index is -0.280. The van der Waals surface area contributed by atoms with E-state index < -0.39 is 0 Å². The topological polar surface area (TPSA) is 35.5 Å². The molecule has 1 aliphatic rings. The van der Waals surface area contributed by atoms with Gasteiger partial charge in [-0.15, -0.1) is 0 Å². The number of allylic oxidation sites excluding steroid dienone is 1. The molecule has 1 atom stereocenters. The maximum absolute atomic E-state index is 11.6. The Balaban J connectivity index is 2.43. The molecule has 2 rings (SSSR count). The molecule has 3 heteroatoms. The van der Waals surface area contributed by atoms with Crippen LogP contribution in [-0.4, -0.2) is 19.7 Å². The van der Waals surface area contributed by atoms with Crippen LogP contribution < -0.4 is 4.74 Å². The fraction of sp³-hybridized carbons (Fsp3) is 0.400. The van der Waals surface area contributed by atoms with E-state index in [2.05, 4.69) is 13.0 Å². The zero-order valence-electron chi connectivity index (χ0n) is 11.0. The molecule has 1 aromatic rings. The van der Waals surface area contributed by atoms with E-state index in [9.17, 15) is 4.79 Å². The van der Waals surface area contributed by atoms with Gasteiger partial charge in [-0.3, -0.25) is 0 Å². The Morgan fingerprint density at radius 1 is 1.50 bits per heavy atom. The largest absolute Gasteiger partial charge is 0.496 e. The number of esters is 1. The number of ether oxygens (including phenoxy) is 2. The third-order valence-electron chi connectivity index (χ3n) is 3.24. The first kappa shape index (κ1) is 12.7. The summed E-state index contributed by atoms with van der Waals surface area (Å²) < 4.78 is 10.4. The molecular weight excluding hydrogens is 228 g/mol. The first-order valence-corrected chi connectivity index (χ1v) is 6.22. The van der Waals surface area contributed by atoms with Gasteiger partial charge in [-0.25, -0.2) is 4.79 Å². The molecule has 0 spiro atoms. The summed E-state index contributed by atoms with van der Waals surface area (Å²) in [5.41, 5.74) is 3.30. The van der Waals surface area contributed by atoms with Crippen LogP contribution in [0.15, 0.2) is 24.3 Å². The minimum Gasteiger partial charge on any atom is -0.496 e. The van der Waals surface area contributed by atoms with Crippen molar-refractivity contribution < 1.29 is 14.3 Å². The SMILES string of the molecule is CCOC(=O)/C=C1/c2c(cccc2OC)CC1C. The van der Waals surface area contributed by atoms with Crippen LogP contribution in [0.5, 0.6) is 5.75 Å². The maximum atomic E-state index is 11.6. The average molecular weight is 246 g/mol. The molecule has 18 heavy (non-hydrogen) atoms. The van der Waals surface area contributed by atoms with E-state index in [1.807, 2.05) is 19.1 Å². The van der Waals surface area contributed by atoms with Gasteiger partial charge in [0.05, 0.1) is 13.7 Å². The zero-order chi connectivity index (χ0) is 13.1. The van der Waals surface area contributed by atoms with E-state index in [0.29, 0.717) is 12.5 Å². The maximum Gasteiger partial charge on any atom is 0.331 e. The summed E-state index contributed by atoms with van der Waals surface area (Å²) >= 11 is 0. The number of hydrogen-bond donors (Lipinski definition) is 0. The van der Waals surface area contributed by atoms with Crippen LogP contribution in [0.1, 0.15) is 25.0 Å². The summed E-state index contributed by atoms with van der Waals surface area (Å²) in [6, 6.07) is 5.99. The van der Waals surface area contributed by atoms with Gasteiger partial charge < -0.3 is 9.47 Å².